The maximum absolute atomic E-state index is 13.7. The average Bonchev–Trinajstić information content (AvgIpc) is 2.47. The van der Waals surface area contributed by atoms with Crippen LogP contribution in [-0.4, -0.2) is 16.6 Å². The summed E-state index contributed by atoms with van der Waals surface area (Å²) in [5.74, 6) is -4.98. The van der Waals surface area contributed by atoms with Gasteiger partial charge in [-0.1, -0.05) is 12.1 Å². The zero-order chi connectivity index (χ0) is 14.7. The number of hydrogen-bond donors (Lipinski definition) is 2. The van der Waals surface area contributed by atoms with Crippen LogP contribution < -0.4 is 5.73 Å². The highest BCUT2D eigenvalue weighted by molar-refractivity contribution is 5.27. The van der Waals surface area contributed by atoms with Gasteiger partial charge in [0.2, 0.25) is 0 Å². The molecular formula is C14H13F3N2O. The van der Waals surface area contributed by atoms with E-state index in [2.05, 4.69) is 4.98 Å². The normalized spacial score (nSPS) is 14.1. The minimum atomic E-state index is -1.61. The number of aliphatic hydroxyl groups excluding tert-OH is 1. The Morgan fingerprint density at radius 1 is 1.15 bits per heavy atom. The monoisotopic (exact) mass is 282 g/mol. The van der Waals surface area contributed by atoms with E-state index in [0.29, 0.717) is 5.56 Å². The van der Waals surface area contributed by atoms with Gasteiger partial charge in [0, 0.05) is 30.4 Å². The number of halogens is 3. The van der Waals surface area contributed by atoms with E-state index in [-0.39, 0.29) is 12.1 Å². The highest BCUT2D eigenvalue weighted by atomic mass is 19.2. The molecule has 1 aromatic carbocycles. The van der Waals surface area contributed by atoms with Crippen LogP contribution in [0.4, 0.5) is 13.2 Å². The first-order chi connectivity index (χ1) is 9.56. The maximum atomic E-state index is 13.7. The van der Waals surface area contributed by atoms with Crippen LogP contribution >= 0.6 is 0 Å². The lowest BCUT2D eigenvalue weighted by atomic mass is 9.90. The van der Waals surface area contributed by atoms with E-state index in [9.17, 15) is 18.3 Å². The first-order valence-corrected chi connectivity index (χ1v) is 5.97. The van der Waals surface area contributed by atoms with Gasteiger partial charge in [-0.05, 0) is 17.7 Å². The van der Waals surface area contributed by atoms with Gasteiger partial charge in [-0.3, -0.25) is 4.98 Å². The number of aromatic nitrogens is 1. The second-order valence-corrected chi connectivity index (χ2v) is 4.34. The molecule has 6 heteroatoms. The largest absolute Gasteiger partial charge is 0.388 e. The number of aliphatic hydroxyl groups is 1. The van der Waals surface area contributed by atoms with Crippen LogP contribution in [0.5, 0.6) is 0 Å². The summed E-state index contributed by atoms with van der Waals surface area (Å²) in [6, 6.07) is 5.10. The first-order valence-electron chi connectivity index (χ1n) is 5.97. The third kappa shape index (κ3) is 2.66. The van der Waals surface area contributed by atoms with Gasteiger partial charge in [0.25, 0.3) is 0 Å². The van der Waals surface area contributed by atoms with Gasteiger partial charge in [-0.2, -0.15) is 0 Å². The topological polar surface area (TPSA) is 59.1 Å². The van der Waals surface area contributed by atoms with E-state index in [1.807, 2.05) is 0 Å². The predicted octanol–water partition coefficient (Wildman–Crippen LogP) is 2.27. The van der Waals surface area contributed by atoms with E-state index in [1.165, 1.54) is 6.20 Å². The molecule has 2 unspecified atom stereocenters. The Morgan fingerprint density at radius 3 is 2.50 bits per heavy atom. The van der Waals surface area contributed by atoms with Crippen LogP contribution in [0.1, 0.15) is 23.1 Å². The van der Waals surface area contributed by atoms with Gasteiger partial charge >= 0.3 is 0 Å². The van der Waals surface area contributed by atoms with Gasteiger partial charge in [-0.25, -0.2) is 13.2 Å². The molecule has 106 valence electrons. The number of nitrogens with two attached hydrogens (primary N) is 1. The van der Waals surface area contributed by atoms with Crippen LogP contribution in [0.15, 0.2) is 36.7 Å². The van der Waals surface area contributed by atoms with Crippen molar-refractivity contribution in [3.63, 3.8) is 0 Å². The van der Waals surface area contributed by atoms with Crippen molar-refractivity contribution in [1.82, 2.24) is 4.98 Å². The summed E-state index contributed by atoms with van der Waals surface area (Å²) < 4.78 is 39.8. The Kier molecular flexibility index (Phi) is 4.36. The Balaban J connectivity index is 2.39. The number of hydrogen-bond acceptors (Lipinski definition) is 3. The summed E-state index contributed by atoms with van der Waals surface area (Å²) >= 11 is 0. The molecular weight excluding hydrogens is 269 g/mol. The van der Waals surface area contributed by atoms with Crippen molar-refractivity contribution >= 4 is 0 Å². The smallest absolute Gasteiger partial charge is 0.194 e. The van der Waals surface area contributed by atoms with Crippen molar-refractivity contribution in [2.75, 3.05) is 6.54 Å². The number of benzene rings is 1. The summed E-state index contributed by atoms with van der Waals surface area (Å²) in [7, 11) is 0. The molecule has 2 rings (SSSR count). The number of pyridine rings is 1. The molecule has 0 aliphatic carbocycles. The molecule has 0 amide bonds. The highest BCUT2D eigenvalue weighted by Gasteiger charge is 2.26. The van der Waals surface area contributed by atoms with Crippen molar-refractivity contribution in [3.8, 4) is 0 Å². The van der Waals surface area contributed by atoms with E-state index in [0.717, 1.165) is 12.1 Å². The molecule has 0 spiro atoms. The SMILES string of the molecule is NCC(c1cccnc1)C(O)c1ccc(F)c(F)c1F. The molecule has 20 heavy (non-hydrogen) atoms. The first kappa shape index (κ1) is 14.5. The predicted molar refractivity (Wildman–Crippen MR) is 67.3 cm³/mol. The Labute approximate surface area is 113 Å². The van der Waals surface area contributed by atoms with E-state index >= 15 is 0 Å². The van der Waals surface area contributed by atoms with Crippen LogP contribution in [0.25, 0.3) is 0 Å². The Hall–Kier alpha value is -1.92. The third-order valence-electron chi connectivity index (χ3n) is 3.13. The fraction of sp³-hybridized carbons (Fsp3) is 0.214. The lowest BCUT2D eigenvalue weighted by molar-refractivity contribution is 0.141. The molecule has 0 aliphatic rings. The van der Waals surface area contributed by atoms with Crippen LogP contribution in [0.2, 0.25) is 0 Å². The molecule has 2 atom stereocenters. The molecule has 0 fully saturated rings. The van der Waals surface area contributed by atoms with E-state index in [1.54, 1.807) is 18.3 Å². The standard InChI is InChI=1S/C14H13F3N2O/c15-11-4-3-9(12(16)13(11)17)14(20)10(6-18)8-2-1-5-19-7-8/h1-5,7,10,14,20H,6,18H2. The summed E-state index contributed by atoms with van der Waals surface area (Å²) in [6.07, 6.45) is 1.64. The molecule has 0 saturated carbocycles. The Bertz CT molecular complexity index is 592. The molecule has 0 radical (unpaired) electrons. The number of nitrogens with zero attached hydrogens (tertiary/aromatic N) is 1. The van der Waals surface area contributed by atoms with Crippen molar-refractivity contribution in [2.45, 2.75) is 12.0 Å². The van der Waals surface area contributed by atoms with Gasteiger partial charge in [0.1, 0.15) is 0 Å². The lowest BCUT2D eigenvalue weighted by Crippen LogP contribution is -2.21. The van der Waals surface area contributed by atoms with Gasteiger partial charge in [-0.15, -0.1) is 0 Å². The molecule has 3 nitrogen and oxygen atoms in total. The maximum Gasteiger partial charge on any atom is 0.194 e. The van der Waals surface area contributed by atoms with Gasteiger partial charge in [0.15, 0.2) is 17.5 Å². The van der Waals surface area contributed by atoms with Crippen LogP contribution in [0, 0.1) is 17.5 Å². The zero-order valence-electron chi connectivity index (χ0n) is 10.4. The van der Waals surface area contributed by atoms with Crippen molar-refractivity contribution < 1.29 is 18.3 Å². The van der Waals surface area contributed by atoms with Gasteiger partial charge in [0.05, 0.1) is 6.10 Å². The van der Waals surface area contributed by atoms with Crippen molar-refractivity contribution in [3.05, 3.63) is 65.2 Å². The van der Waals surface area contributed by atoms with E-state index in [4.69, 9.17) is 5.73 Å². The van der Waals surface area contributed by atoms with Gasteiger partial charge < -0.3 is 10.8 Å². The summed E-state index contributed by atoms with van der Waals surface area (Å²) in [6.45, 7) is 0.00525. The second kappa shape index (κ2) is 6.02. The highest BCUT2D eigenvalue weighted by Crippen LogP contribution is 2.32. The molecule has 2 aromatic rings. The second-order valence-electron chi connectivity index (χ2n) is 4.34. The summed E-state index contributed by atoms with van der Waals surface area (Å²) in [5.41, 5.74) is 5.84. The molecule has 1 aromatic heterocycles. The third-order valence-corrected chi connectivity index (χ3v) is 3.13. The lowest BCUT2D eigenvalue weighted by Gasteiger charge is -2.22. The summed E-state index contributed by atoms with van der Waals surface area (Å²) in [4.78, 5) is 3.89. The molecule has 3 N–H and O–H groups in total. The van der Waals surface area contributed by atoms with Crippen LogP contribution in [0.3, 0.4) is 0 Å². The van der Waals surface area contributed by atoms with Crippen molar-refractivity contribution in [2.24, 2.45) is 5.73 Å². The zero-order valence-corrected chi connectivity index (χ0v) is 10.4. The Morgan fingerprint density at radius 2 is 1.90 bits per heavy atom. The fourth-order valence-corrected chi connectivity index (χ4v) is 2.03. The minimum Gasteiger partial charge on any atom is -0.388 e. The summed E-state index contributed by atoms with van der Waals surface area (Å²) in [5, 5.41) is 10.2. The van der Waals surface area contributed by atoms with Crippen molar-refractivity contribution in [1.29, 1.82) is 0 Å². The molecule has 0 saturated heterocycles. The average molecular weight is 282 g/mol. The molecule has 0 aliphatic heterocycles. The van der Waals surface area contributed by atoms with Crippen LogP contribution in [-0.2, 0) is 0 Å². The van der Waals surface area contributed by atoms with E-state index < -0.39 is 29.5 Å². The quantitative estimate of drug-likeness (QED) is 0.846. The molecule has 0 bridgehead atoms. The minimum absolute atomic E-state index is 0.00525. The molecule has 1 heterocycles. The number of rotatable bonds is 4. The fourth-order valence-electron chi connectivity index (χ4n) is 2.03.